The van der Waals surface area contributed by atoms with Crippen molar-refractivity contribution < 1.29 is 8.42 Å². The molecule has 0 radical (unpaired) electrons. The van der Waals surface area contributed by atoms with E-state index in [2.05, 4.69) is 9.71 Å². The van der Waals surface area contributed by atoms with Crippen molar-refractivity contribution in [1.82, 2.24) is 14.3 Å². The lowest BCUT2D eigenvalue weighted by Crippen LogP contribution is -2.40. The molecule has 0 fully saturated rings. The monoisotopic (exact) mass is 314 g/mol. The Morgan fingerprint density at radius 3 is 2.70 bits per heavy atom. The lowest BCUT2D eigenvalue weighted by molar-refractivity contribution is 0.470. The molecular formula is C12H18N4O2S2. The van der Waals surface area contributed by atoms with E-state index in [1.165, 1.54) is 11.3 Å². The van der Waals surface area contributed by atoms with E-state index in [9.17, 15) is 8.42 Å². The van der Waals surface area contributed by atoms with Crippen LogP contribution in [-0.2, 0) is 29.2 Å². The molecule has 0 saturated heterocycles. The van der Waals surface area contributed by atoms with Crippen molar-refractivity contribution in [3.63, 3.8) is 0 Å². The Morgan fingerprint density at radius 2 is 2.20 bits per heavy atom. The molecule has 0 unspecified atom stereocenters. The third-order valence-corrected chi connectivity index (χ3v) is 5.68. The van der Waals surface area contributed by atoms with Crippen LogP contribution in [0.5, 0.6) is 0 Å². The lowest BCUT2D eigenvalue weighted by Gasteiger charge is -2.23. The topological polar surface area (TPSA) is 90.0 Å². The number of aryl methyl sites for hydroxylation is 1. The Kier molecular flexibility index (Phi) is 4.01. The van der Waals surface area contributed by atoms with Crippen LogP contribution in [-0.4, -0.2) is 18.0 Å². The highest BCUT2D eigenvalue weighted by Crippen LogP contribution is 2.25. The molecule has 0 aliphatic heterocycles. The number of sulfonamides is 1. The highest BCUT2D eigenvalue weighted by atomic mass is 32.2. The summed E-state index contributed by atoms with van der Waals surface area (Å²) in [7, 11) is -1.84. The van der Waals surface area contributed by atoms with Gasteiger partial charge in [-0.3, -0.25) is 0 Å². The van der Waals surface area contributed by atoms with Crippen molar-refractivity contribution in [1.29, 1.82) is 0 Å². The highest BCUT2D eigenvalue weighted by molar-refractivity contribution is 7.89. The van der Waals surface area contributed by atoms with Gasteiger partial charge in [0.05, 0.1) is 10.4 Å². The van der Waals surface area contributed by atoms with Gasteiger partial charge in [0.15, 0.2) is 0 Å². The second-order valence-corrected chi connectivity index (χ2v) is 7.63. The average molecular weight is 314 g/mol. The third kappa shape index (κ3) is 2.93. The van der Waals surface area contributed by atoms with E-state index in [1.54, 1.807) is 43.9 Å². The molecule has 2 aromatic rings. The van der Waals surface area contributed by atoms with Crippen LogP contribution in [0.2, 0.25) is 0 Å². The molecule has 2 aromatic heterocycles. The zero-order valence-corrected chi connectivity index (χ0v) is 13.3. The van der Waals surface area contributed by atoms with Gasteiger partial charge < -0.3 is 10.3 Å². The number of rotatable bonds is 5. The van der Waals surface area contributed by atoms with Gasteiger partial charge in [-0.25, -0.2) is 13.4 Å². The van der Waals surface area contributed by atoms with Gasteiger partial charge in [0.1, 0.15) is 5.01 Å². The lowest BCUT2D eigenvalue weighted by atomic mass is 10.1. The largest absolute Gasteiger partial charge is 0.352 e. The van der Waals surface area contributed by atoms with Crippen molar-refractivity contribution in [2.75, 3.05) is 0 Å². The molecule has 0 saturated carbocycles. The number of nitrogens with two attached hydrogens (primary N) is 1. The first-order chi connectivity index (χ1) is 9.26. The Balaban J connectivity index is 2.31. The molecule has 6 nitrogen and oxygen atoms in total. The Labute approximate surface area is 122 Å². The first-order valence-corrected chi connectivity index (χ1v) is 8.42. The fourth-order valence-electron chi connectivity index (χ4n) is 1.90. The summed E-state index contributed by atoms with van der Waals surface area (Å²) in [5, 5.41) is 2.54. The van der Waals surface area contributed by atoms with Gasteiger partial charge in [-0.05, 0) is 19.9 Å². The normalized spacial score (nSPS) is 12.8. The zero-order chi connectivity index (χ0) is 15.0. The van der Waals surface area contributed by atoms with Crippen molar-refractivity contribution in [3.05, 3.63) is 34.5 Å². The van der Waals surface area contributed by atoms with Gasteiger partial charge in [0.25, 0.3) is 0 Å². The summed E-state index contributed by atoms with van der Waals surface area (Å²) in [6.45, 7) is 3.87. The van der Waals surface area contributed by atoms with Crippen LogP contribution in [0.25, 0.3) is 0 Å². The van der Waals surface area contributed by atoms with Crippen molar-refractivity contribution in [2.45, 2.75) is 30.8 Å². The Morgan fingerprint density at radius 1 is 1.50 bits per heavy atom. The summed E-state index contributed by atoms with van der Waals surface area (Å²) in [6.07, 6.45) is 3.22. The minimum atomic E-state index is -3.62. The van der Waals surface area contributed by atoms with E-state index in [1.807, 2.05) is 5.38 Å². The van der Waals surface area contributed by atoms with Crippen LogP contribution in [0.1, 0.15) is 24.5 Å². The van der Waals surface area contributed by atoms with E-state index in [4.69, 9.17) is 5.73 Å². The van der Waals surface area contributed by atoms with Crippen LogP contribution in [0.4, 0.5) is 0 Å². The second-order valence-electron chi connectivity index (χ2n) is 5.05. The van der Waals surface area contributed by atoms with Gasteiger partial charge in [-0.1, -0.05) is 0 Å². The molecule has 110 valence electrons. The summed E-state index contributed by atoms with van der Waals surface area (Å²) >= 11 is 1.42. The van der Waals surface area contributed by atoms with Crippen LogP contribution in [0, 0.1) is 0 Å². The fourth-order valence-corrected chi connectivity index (χ4v) is 4.15. The van der Waals surface area contributed by atoms with Crippen LogP contribution >= 0.6 is 11.3 Å². The molecule has 0 aliphatic carbocycles. The predicted molar refractivity (Wildman–Crippen MR) is 78.8 cm³/mol. The smallest absolute Gasteiger partial charge is 0.242 e. The highest BCUT2D eigenvalue weighted by Gasteiger charge is 2.30. The molecule has 0 amide bonds. The standard InChI is InChI=1S/C12H18N4O2S2/c1-12(2,11-14-4-5-19-11)15-20(17,18)10-6-9(7-13)16(3)8-10/h4-6,8,15H,7,13H2,1-3H3. The SMILES string of the molecule is Cn1cc(S(=O)(=O)NC(C)(C)c2nccs2)cc1CN. The number of hydrogen-bond donors (Lipinski definition) is 2. The van der Waals surface area contributed by atoms with Crippen LogP contribution in [0.15, 0.2) is 28.7 Å². The molecule has 0 aliphatic rings. The van der Waals surface area contributed by atoms with Crippen LogP contribution < -0.4 is 10.5 Å². The number of aromatic nitrogens is 2. The minimum absolute atomic E-state index is 0.213. The molecule has 0 aromatic carbocycles. The maximum Gasteiger partial charge on any atom is 0.242 e. The van der Waals surface area contributed by atoms with Crippen molar-refractivity contribution in [3.8, 4) is 0 Å². The van der Waals surface area contributed by atoms with Gasteiger partial charge in [0, 0.05) is 37.1 Å². The summed E-state index contributed by atoms with van der Waals surface area (Å²) in [5.41, 5.74) is 5.57. The molecule has 0 bridgehead atoms. The van der Waals surface area contributed by atoms with Gasteiger partial charge in [-0.2, -0.15) is 4.72 Å². The first-order valence-electron chi connectivity index (χ1n) is 6.05. The van der Waals surface area contributed by atoms with Gasteiger partial charge >= 0.3 is 0 Å². The molecule has 8 heteroatoms. The number of thiazole rings is 1. The van der Waals surface area contributed by atoms with Crippen LogP contribution in [0.3, 0.4) is 0 Å². The Bertz CT molecular complexity index is 687. The molecule has 0 atom stereocenters. The van der Waals surface area contributed by atoms with E-state index in [0.29, 0.717) is 6.54 Å². The fraction of sp³-hybridized carbons (Fsp3) is 0.417. The molecule has 2 heterocycles. The summed E-state index contributed by atoms with van der Waals surface area (Å²) < 4.78 is 29.3. The number of nitrogens with zero attached hydrogens (tertiary/aromatic N) is 2. The maximum absolute atomic E-state index is 12.4. The van der Waals surface area contributed by atoms with E-state index in [-0.39, 0.29) is 4.90 Å². The predicted octanol–water partition coefficient (Wildman–Crippen LogP) is 1.15. The minimum Gasteiger partial charge on any atom is -0.352 e. The summed E-state index contributed by atoms with van der Waals surface area (Å²) in [4.78, 5) is 4.38. The molecule has 0 spiro atoms. The van der Waals surface area contributed by atoms with Gasteiger partial charge in [-0.15, -0.1) is 11.3 Å². The number of nitrogens with one attached hydrogen (secondary N) is 1. The third-order valence-electron chi connectivity index (χ3n) is 2.96. The van der Waals surface area contributed by atoms with E-state index < -0.39 is 15.6 Å². The zero-order valence-electron chi connectivity index (χ0n) is 11.6. The van der Waals surface area contributed by atoms with E-state index in [0.717, 1.165) is 10.7 Å². The van der Waals surface area contributed by atoms with E-state index >= 15 is 0 Å². The molecule has 2 rings (SSSR count). The number of hydrogen-bond acceptors (Lipinski definition) is 5. The van der Waals surface area contributed by atoms with Gasteiger partial charge in [0.2, 0.25) is 10.0 Å². The molecule has 20 heavy (non-hydrogen) atoms. The average Bonchev–Trinajstić information content (AvgIpc) is 2.96. The molecule has 3 N–H and O–H groups in total. The Hall–Kier alpha value is -1.22. The maximum atomic E-state index is 12.4. The first kappa shape index (κ1) is 15.2. The molecular weight excluding hydrogens is 296 g/mol. The van der Waals surface area contributed by atoms with Crippen molar-refractivity contribution >= 4 is 21.4 Å². The summed E-state index contributed by atoms with van der Waals surface area (Å²) in [6, 6.07) is 1.58. The summed E-state index contributed by atoms with van der Waals surface area (Å²) in [5.74, 6) is 0. The quantitative estimate of drug-likeness (QED) is 0.866. The second kappa shape index (κ2) is 5.28. The van der Waals surface area contributed by atoms with Crippen molar-refractivity contribution in [2.24, 2.45) is 12.8 Å².